The van der Waals surface area contributed by atoms with E-state index in [2.05, 4.69) is 20.6 Å². The van der Waals surface area contributed by atoms with Crippen molar-refractivity contribution in [1.29, 1.82) is 0 Å². The van der Waals surface area contributed by atoms with Crippen molar-refractivity contribution in [2.24, 2.45) is 5.73 Å². The monoisotopic (exact) mass is 458 g/mol. The molecular weight excluding hydrogens is 436 g/mol. The molecule has 0 unspecified atom stereocenters. The Labute approximate surface area is 184 Å². The van der Waals surface area contributed by atoms with E-state index in [1.54, 1.807) is 6.07 Å². The van der Waals surface area contributed by atoms with Crippen molar-refractivity contribution in [2.45, 2.75) is 23.1 Å². The number of nitrogens with zero attached hydrogens (tertiary/aromatic N) is 3. The van der Waals surface area contributed by atoms with Crippen molar-refractivity contribution in [3.05, 3.63) is 47.5 Å². The van der Waals surface area contributed by atoms with E-state index >= 15 is 0 Å². The Bertz CT molecular complexity index is 1220. The molecule has 1 fully saturated rings. The number of rotatable bonds is 8. The number of primary amides is 1. The van der Waals surface area contributed by atoms with Gasteiger partial charge in [0, 0.05) is 32.0 Å². The summed E-state index contributed by atoms with van der Waals surface area (Å²) in [6, 6.07) is 9.46. The first-order valence-corrected chi connectivity index (χ1v) is 11.9. The molecule has 1 aliphatic rings. The van der Waals surface area contributed by atoms with Crippen LogP contribution in [-0.4, -0.2) is 48.7 Å². The molecular formula is C20H22N6O3S2. The molecule has 0 radical (unpaired) electrons. The minimum Gasteiger partial charge on any atom is -0.367 e. The molecule has 4 rings (SSSR count). The summed E-state index contributed by atoms with van der Waals surface area (Å²) in [6.45, 7) is 0. The van der Waals surface area contributed by atoms with E-state index in [1.807, 2.05) is 29.6 Å². The number of carbonyl (C=O) groups is 1. The Morgan fingerprint density at radius 3 is 2.52 bits per heavy atom. The van der Waals surface area contributed by atoms with Crippen molar-refractivity contribution < 1.29 is 13.2 Å². The molecule has 2 aromatic heterocycles. The number of sulfonamides is 1. The van der Waals surface area contributed by atoms with Crippen LogP contribution in [0.4, 0.5) is 17.5 Å². The van der Waals surface area contributed by atoms with Gasteiger partial charge in [0.1, 0.15) is 10.0 Å². The van der Waals surface area contributed by atoms with Crippen LogP contribution in [0.15, 0.2) is 46.1 Å². The quantitative estimate of drug-likeness (QED) is 0.473. The number of hydrogen-bond acceptors (Lipinski definition) is 8. The van der Waals surface area contributed by atoms with Crippen LogP contribution in [0.2, 0.25) is 0 Å². The van der Waals surface area contributed by atoms with Crippen molar-refractivity contribution in [2.75, 3.05) is 24.7 Å². The van der Waals surface area contributed by atoms with Gasteiger partial charge in [-0.15, -0.1) is 11.3 Å². The number of carbonyl (C=O) groups excluding carboxylic acids is 1. The second-order valence-corrected chi connectivity index (χ2v) is 10.7. The van der Waals surface area contributed by atoms with Crippen LogP contribution in [0.3, 0.4) is 0 Å². The molecule has 1 saturated carbocycles. The number of nitrogens with two attached hydrogens (primary N) is 1. The summed E-state index contributed by atoms with van der Waals surface area (Å²) in [5, 5.41) is 8.13. The van der Waals surface area contributed by atoms with Crippen LogP contribution >= 0.6 is 11.3 Å². The maximum Gasteiger partial charge on any atom is 0.254 e. The van der Waals surface area contributed by atoms with Gasteiger partial charge in [-0.2, -0.15) is 4.98 Å². The SMILES string of the molecule is CN(C)S(=O)(=O)c1cc(-c2ccc(Nc3ncc(C(N)=O)c(NC4CC4)n3)cc2)cs1. The second kappa shape index (κ2) is 8.25. The van der Waals surface area contributed by atoms with Crippen LogP contribution < -0.4 is 16.4 Å². The molecule has 31 heavy (non-hydrogen) atoms. The first-order valence-electron chi connectivity index (χ1n) is 9.56. The number of aromatic nitrogens is 2. The van der Waals surface area contributed by atoms with E-state index in [1.165, 1.54) is 35.9 Å². The molecule has 11 heteroatoms. The van der Waals surface area contributed by atoms with Gasteiger partial charge in [0.15, 0.2) is 0 Å². The van der Waals surface area contributed by atoms with E-state index in [-0.39, 0.29) is 5.56 Å². The predicted octanol–water partition coefficient (Wildman–Crippen LogP) is 2.87. The zero-order chi connectivity index (χ0) is 22.2. The maximum absolute atomic E-state index is 12.3. The van der Waals surface area contributed by atoms with E-state index in [4.69, 9.17) is 5.73 Å². The van der Waals surface area contributed by atoms with Crippen molar-refractivity contribution in [1.82, 2.24) is 14.3 Å². The lowest BCUT2D eigenvalue weighted by molar-refractivity contribution is 0.100. The lowest BCUT2D eigenvalue weighted by Crippen LogP contribution is -2.21. The van der Waals surface area contributed by atoms with Gasteiger partial charge in [-0.3, -0.25) is 4.79 Å². The first kappa shape index (κ1) is 21.2. The van der Waals surface area contributed by atoms with Gasteiger partial charge >= 0.3 is 0 Å². The zero-order valence-electron chi connectivity index (χ0n) is 17.0. The van der Waals surface area contributed by atoms with E-state index < -0.39 is 15.9 Å². The fourth-order valence-electron chi connectivity index (χ4n) is 2.81. The highest BCUT2D eigenvalue weighted by Gasteiger charge is 2.24. The van der Waals surface area contributed by atoms with Gasteiger partial charge < -0.3 is 16.4 Å². The van der Waals surface area contributed by atoms with Crippen molar-refractivity contribution in [3.8, 4) is 11.1 Å². The fraction of sp³-hybridized carbons (Fsp3) is 0.250. The molecule has 0 bridgehead atoms. The third-order valence-corrected chi connectivity index (χ3v) is 7.99. The summed E-state index contributed by atoms with van der Waals surface area (Å²) in [6.07, 6.45) is 3.48. The fourth-order valence-corrected chi connectivity index (χ4v) is 5.17. The van der Waals surface area contributed by atoms with Crippen molar-refractivity contribution >= 4 is 44.7 Å². The van der Waals surface area contributed by atoms with Gasteiger partial charge in [-0.25, -0.2) is 17.7 Å². The van der Waals surface area contributed by atoms with Crippen molar-refractivity contribution in [3.63, 3.8) is 0 Å². The number of nitrogens with one attached hydrogen (secondary N) is 2. The highest BCUT2D eigenvalue weighted by atomic mass is 32.2. The highest BCUT2D eigenvalue weighted by molar-refractivity contribution is 7.91. The Morgan fingerprint density at radius 2 is 1.90 bits per heavy atom. The lowest BCUT2D eigenvalue weighted by Gasteiger charge is -2.11. The Kier molecular flexibility index (Phi) is 5.65. The molecule has 0 aliphatic heterocycles. The molecule has 0 saturated heterocycles. The predicted molar refractivity (Wildman–Crippen MR) is 121 cm³/mol. The van der Waals surface area contributed by atoms with Gasteiger partial charge in [0.25, 0.3) is 15.9 Å². The molecule has 9 nitrogen and oxygen atoms in total. The Hall–Kier alpha value is -3.02. The summed E-state index contributed by atoms with van der Waals surface area (Å²) in [7, 11) is -0.421. The van der Waals surface area contributed by atoms with Crippen LogP contribution in [-0.2, 0) is 10.0 Å². The van der Waals surface area contributed by atoms with E-state index in [9.17, 15) is 13.2 Å². The average Bonchev–Trinajstić information content (AvgIpc) is 3.39. The number of anilines is 3. The smallest absolute Gasteiger partial charge is 0.254 e. The molecule has 2 heterocycles. The van der Waals surface area contributed by atoms with Crippen LogP contribution in [0.25, 0.3) is 11.1 Å². The van der Waals surface area contributed by atoms with Gasteiger partial charge in [-0.05, 0) is 47.5 Å². The van der Waals surface area contributed by atoms with E-state index in [0.717, 1.165) is 29.7 Å². The van der Waals surface area contributed by atoms with Gasteiger partial charge in [0.2, 0.25) is 5.95 Å². The summed E-state index contributed by atoms with van der Waals surface area (Å²) < 4.78 is 26.1. The molecule has 1 aromatic carbocycles. The maximum atomic E-state index is 12.3. The minimum atomic E-state index is -3.45. The molecule has 1 aliphatic carbocycles. The normalized spacial score (nSPS) is 13.9. The largest absolute Gasteiger partial charge is 0.367 e. The van der Waals surface area contributed by atoms with Crippen LogP contribution in [0, 0.1) is 0 Å². The number of benzene rings is 1. The molecule has 0 spiro atoms. The number of amides is 1. The molecule has 162 valence electrons. The summed E-state index contributed by atoms with van der Waals surface area (Å²) in [4.78, 5) is 20.2. The van der Waals surface area contributed by atoms with Gasteiger partial charge in [0.05, 0.1) is 5.56 Å². The first-order chi connectivity index (χ1) is 14.7. The standard InChI is InChI=1S/C20H22N6O3S2/c1-26(2)31(28,29)17-9-13(11-30-17)12-3-5-15(6-4-12)24-20-22-10-16(18(21)27)19(25-20)23-14-7-8-14/h3-6,9-11,14H,7-8H2,1-2H3,(H2,21,27)(H2,22,23,24,25). The topological polar surface area (TPSA) is 130 Å². The van der Waals surface area contributed by atoms with Crippen LogP contribution in [0.5, 0.6) is 0 Å². The number of hydrogen-bond donors (Lipinski definition) is 3. The number of thiophene rings is 1. The summed E-state index contributed by atoms with van der Waals surface area (Å²) in [5.41, 5.74) is 8.14. The molecule has 0 atom stereocenters. The summed E-state index contributed by atoms with van der Waals surface area (Å²) >= 11 is 1.19. The Balaban J connectivity index is 1.52. The Morgan fingerprint density at radius 1 is 1.19 bits per heavy atom. The highest BCUT2D eigenvalue weighted by Crippen LogP contribution is 2.31. The molecule has 1 amide bonds. The third kappa shape index (κ3) is 4.68. The second-order valence-electron chi connectivity index (χ2n) is 7.38. The molecule has 4 N–H and O–H groups in total. The average molecular weight is 459 g/mol. The van der Waals surface area contributed by atoms with Gasteiger partial charge in [-0.1, -0.05) is 12.1 Å². The van der Waals surface area contributed by atoms with E-state index in [0.29, 0.717) is 22.0 Å². The minimum absolute atomic E-state index is 0.258. The molecule has 3 aromatic rings. The summed E-state index contributed by atoms with van der Waals surface area (Å²) in [5.74, 6) is 0.193. The third-order valence-electron chi connectivity index (χ3n) is 4.76. The zero-order valence-corrected chi connectivity index (χ0v) is 18.6. The van der Waals surface area contributed by atoms with Crippen LogP contribution in [0.1, 0.15) is 23.2 Å². The lowest BCUT2D eigenvalue weighted by atomic mass is 10.1.